The van der Waals surface area contributed by atoms with E-state index in [0.717, 1.165) is 6.42 Å². The van der Waals surface area contributed by atoms with Crippen LogP contribution in [0, 0.1) is 46.7 Å². The van der Waals surface area contributed by atoms with Gasteiger partial charge in [0.1, 0.15) is 0 Å². The second kappa shape index (κ2) is 3.42. The lowest BCUT2D eigenvalue weighted by molar-refractivity contribution is 0.00761. The van der Waals surface area contributed by atoms with E-state index in [0.29, 0.717) is 23.7 Å². The molecule has 3 aliphatic rings. The van der Waals surface area contributed by atoms with Crippen molar-refractivity contribution >= 4 is 0 Å². The Kier molecular flexibility index (Phi) is 2.04. The van der Waals surface area contributed by atoms with Gasteiger partial charge in [0.25, 0.3) is 12.5 Å². The average molecular weight is 216 g/mol. The van der Waals surface area contributed by atoms with Gasteiger partial charge in [0, 0.05) is 5.92 Å². The zero-order valence-corrected chi connectivity index (χ0v) is 8.74. The standard InChI is InChI=1S/C12H12N2O2/c13-5-15-10-4-9-7-1-2-8(3-7)11(9)12(10)16-6-14/h1-2,7-12H,3-4H2. The molecule has 0 radical (unpaired) electrons. The maximum Gasteiger partial charge on any atom is 0.286 e. The van der Waals surface area contributed by atoms with Crippen molar-refractivity contribution in [1.29, 1.82) is 10.5 Å². The number of nitrogens with zero attached hydrogens (tertiary/aromatic N) is 2. The molecule has 6 unspecified atom stereocenters. The van der Waals surface area contributed by atoms with Crippen molar-refractivity contribution in [3.63, 3.8) is 0 Å². The Morgan fingerprint density at radius 3 is 2.50 bits per heavy atom. The molecule has 4 nitrogen and oxygen atoms in total. The summed E-state index contributed by atoms with van der Waals surface area (Å²) in [6.07, 6.45) is 9.55. The molecule has 6 atom stereocenters. The number of fused-ring (bicyclic) bond motifs is 5. The first-order valence-corrected chi connectivity index (χ1v) is 5.63. The van der Waals surface area contributed by atoms with E-state index in [2.05, 4.69) is 12.2 Å². The fourth-order valence-corrected chi connectivity index (χ4v) is 3.83. The Labute approximate surface area is 94.1 Å². The van der Waals surface area contributed by atoms with Crippen LogP contribution in [-0.2, 0) is 9.47 Å². The minimum absolute atomic E-state index is 0.227. The second-order valence-corrected chi connectivity index (χ2v) is 4.85. The lowest BCUT2D eigenvalue weighted by Crippen LogP contribution is -2.31. The van der Waals surface area contributed by atoms with Gasteiger partial charge in [-0.3, -0.25) is 0 Å². The summed E-state index contributed by atoms with van der Waals surface area (Å²) >= 11 is 0. The van der Waals surface area contributed by atoms with Crippen molar-refractivity contribution in [2.75, 3.05) is 0 Å². The predicted octanol–water partition coefficient (Wildman–Crippen LogP) is 1.56. The Morgan fingerprint density at radius 2 is 1.75 bits per heavy atom. The summed E-state index contributed by atoms with van der Waals surface area (Å²) in [6, 6.07) is 0. The summed E-state index contributed by atoms with van der Waals surface area (Å²) in [7, 11) is 0. The molecular weight excluding hydrogens is 204 g/mol. The Bertz CT molecular complexity index is 406. The molecule has 0 N–H and O–H groups in total. The molecule has 2 saturated carbocycles. The third-order valence-electron chi connectivity index (χ3n) is 4.33. The highest BCUT2D eigenvalue weighted by molar-refractivity contribution is 5.19. The quantitative estimate of drug-likeness (QED) is 0.519. The highest BCUT2D eigenvalue weighted by atomic mass is 16.5. The first-order chi connectivity index (χ1) is 7.85. The third kappa shape index (κ3) is 1.13. The maximum absolute atomic E-state index is 8.67. The van der Waals surface area contributed by atoms with Crippen molar-refractivity contribution in [2.45, 2.75) is 25.0 Å². The first-order valence-electron chi connectivity index (χ1n) is 5.63. The molecule has 0 aromatic carbocycles. The molecule has 0 spiro atoms. The maximum atomic E-state index is 8.67. The molecule has 0 aromatic rings. The summed E-state index contributed by atoms with van der Waals surface area (Å²) in [6.45, 7) is 0. The van der Waals surface area contributed by atoms with E-state index in [9.17, 15) is 0 Å². The fraction of sp³-hybridized carbons (Fsp3) is 0.667. The molecule has 82 valence electrons. The normalized spacial score (nSPS) is 47.1. The van der Waals surface area contributed by atoms with Gasteiger partial charge in [-0.15, -0.1) is 0 Å². The van der Waals surface area contributed by atoms with Crippen molar-refractivity contribution in [3.05, 3.63) is 12.2 Å². The molecule has 0 aromatic heterocycles. The van der Waals surface area contributed by atoms with E-state index in [1.54, 1.807) is 12.5 Å². The molecule has 3 rings (SSSR count). The van der Waals surface area contributed by atoms with Crippen LogP contribution in [-0.4, -0.2) is 12.2 Å². The van der Waals surface area contributed by atoms with Gasteiger partial charge in [0.2, 0.25) is 0 Å². The molecule has 0 aliphatic heterocycles. The predicted molar refractivity (Wildman–Crippen MR) is 53.3 cm³/mol. The molecule has 0 saturated heterocycles. The number of hydrogen-bond acceptors (Lipinski definition) is 4. The second-order valence-electron chi connectivity index (χ2n) is 4.85. The molecule has 0 amide bonds. The van der Waals surface area contributed by atoms with E-state index >= 15 is 0 Å². The van der Waals surface area contributed by atoms with Crippen molar-refractivity contribution < 1.29 is 9.47 Å². The molecule has 3 aliphatic carbocycles. The summed E-state index contributed by atoms with van der Waals surface area (Å²) in [4.78, 5) is 0. The number of hydrogen-bond donors (Lipinski definition) is 0. The van der Waals surface area contributed by atoms with Gasteiger partial charge in [0.05, 0.1) is 0 Å². The minimum Gasteiger partial charge on any atom is -0.420 e. The lowest BCUT2D eigenvalue weighted by atomic mass is 9.85. The summed E-state index contributed by atoms with van der Waals surface area (Å²) in [5.41, 5.74) is 0. The molecular formula is C12H12N2O2. The van der Waals surface area contributed by atoms with E-state index < -0.39 is 0 Å². The first kappa shape index (κ1) is 9.54. The largest absolute Gasteiger partial charge is 0.420 e. The van der Waals surface area contributed by atoms with Crippen LogP contribution in [0.4, 0.5) is 0 Å². The summed E-state index contributed by atoms with van der Waals surface area (Å²) in [5, 5.41) is 17.3. The van der Waals surface area contributed by atoms with Crippen LogP contribution in [0.2, 0.25) is 0 Å². The van der Waals surface area contributed by atoms with Gasteiger partial charge in [-0.25, -0.2) is 0 Å². The van der Waals surface area contributed by atoms with Gasteiger partial charge in [0.15, 0.2) is 12.2 Å². The Morgan fingerprint density at radius 1 is 1.00 bits per heavy atom. The zero-order chi connectivity index (χ0) is 11.1. The van der Waals surface area contributed by atoms with Crippen LogP contribution in [0.25, 0.3) is 0 Å². The number of allylic oxidation sites excluding steroid dienone is 2. The molecule has 2 bridgehead atoms. The van der Waals surface area contributed by atoms with Crippen LogP contribution < -0.4 is 0 Å². The lowest BCUT2D eigenvalue weighted by Gasteiger charge is -2.24. The summed E-state index contributed by atoms with van der Waals surface area (Å²) < 4.78 is 10.2. The minimum atomic E-state index is -0.232. The van der Waals surface area contributed by atoms with Crippen LogP contribution >= 0.6 is 0 Å². The molecule has 0 heterocycles. The van der Waals surface area contributed by atoms with Crippen molar-refractivity contribution in [1.82, 2.24) is 0 Å². The van der Waals surface area contributed by atoms with Crippen molar-refractivity contribution in [2.24, 2.45) is 23.7 Å². The third-order valence-corrected chi connectivity index (χ3v) is 4.33. The van der Waals surface area contributed by atoms with Crippen molar-refractivity contribution in [3.8, 4) is 12.5 Å². The highest BCUT2D eigenvalue weighted by Crippen LogP contribution is 2.56. The van der Waals surface area contributed by atoms with Crippen LogP contribution in [0.15, 0.2) is 12.2 Å². The van der Waals surface area contributed by atoms with Gasteiger partial charge >= 0.3 is 0 Å². The molecule has 4 heteroatoms. The van der Waals surface area contributed by atoms with Gasteiger partial charge in [-0.2, -0.15) is 10.5 Å². The number of nitriles is 2. The monoisotopic (exact) mass is 216 g/mol. The van der Waals surface area contributed by atoms with Gasteiger partial charge in [-0.05, 0) is 30.6 Å². The van der Waals surface area contributed by atoms with Crippen LogP contribution in [0.3, 0.4) is 0 Å². The number of ether oxygens (including phenoxy) is 2. The molecule has 2 fully saturated rings. The van der Waals surface area contributed by atoms with E-state index in [1.165, 1.54) is 6.42 Å². The number of rotatable bonds is 2. The summed E-state index contributed by atoms with van der Waals surface area (Å²) in [5.74, 6) is 2.02. The molecule has 16 heavy (non-hydrogen) atoms. The Balaban J connectivity index is 1.84. The van der Waals surface area contributed by atoms with Crippen LogP contribution in [0.5, 0.6) is 0 Å². The average Bonchev–Trinajstić information content (AvgIpc) is 2.92. The smallest absolute Gasteiger partial charge is 0.286 e. The van der Waals surface area contributed by atoms with E-state index in [-0.39, 0.29) is 12.2 Å². The van der Waals surface area contributed by atoms with E-state index in [4.69, 9.17) is 20.0 Å². The van der Waals surface area contributed by atoms with Gasteiger partial charge in [-0.1, -0.05) is 12.2 Å². The Hall–Kier alpha value is -1.68. The zero-order valence-electron chi connectivity index (χ0n) is 8.74. The van der Waals surface area contributed by atoms with E-state index in [1.807, 2.05) is 0 Å². The van der Waals surface area contributed by atoms with Gasteiger partial charge < -0.3 is 9.47 Å². The topological polar surface area (TPSA) is 66.0 Å². The van der Waals surface area contributed by atoms with Crippen LogP contribution in [0.1, 0.15) is 12.8 Å². The SMILES string of the molecule is N#COC1CC2C3C=CC(C3)C2C1OC#N. The fourth-order valence-electron chi connectivity index (χ4n) is 3.83. The highest BCUT2D eigenvalue weighted by Gasteiger charge is 2.57.